The molecule has 0 radical (unpaired) electrons. The molecular weight excluding hydrogens is 256 g/mol. The van der Waals surface area contributed by atoms with Crippen LogP contribution in [0.5, 0.6) is 0 Å². The lowest BCUT2D eigenvalue weighted by Gasteiger charge is -2.38. The Labute approximate surface area is 121 Å². The predicted molar refractivity (Wildman–Crippen MR) is 82.3 cm³/mol. The zero-order chi connectivity index (χ0) is 13.8. The van der Waals surface area contributed by atoms with Crippen molar-refractivity contribution >= 4 is 17.7 Å². The largest absolute Gasteiger partial charge is 0.353 e. The molecule has 2 fully saturated rings. The normalized spacial score (nSPS) is 25.8. The third kappa shape index (κ3) is 3.66. The van der Waals surface area contributed by atoms with Gasteiger partial charge in [-0.3, -0.25) is 4.79 Å². The van der Waals surface area contributed by atoms with Gasteiger partial charge in [-0.05, 0) is 31.9 Å². The Morgan fingerprint density at radius 1 is 1.05 bits per heavy atom. The first-order valence-corrected chi connectivity index (χ1v) is 8.95. The molecule has 0 aliphatic heterocycles. The highest BCUT2D eigenvalue weighted by Crippen LogP contribution is 2.38. The highest BCUT2D eigenvalue weighted by Gasteiger charge is 2.37. The molecule has 19 heavy (non-hydrogen) atoms. The Morgan fingerprint density at radius 3 is 2.11 bits per heavy atom. The van der Waals surface area contributed by atoms with E-state index in [1.165, 1.54) is 38.5 Å². The number of amides is 1. The van der Waals surface area contributed by atoms with Crippen LogP contribution in [0.2, 0.25) is 0 Å². The lowest BCUT2D eigenvalue weighted by atomic mass is 9.81. The van der Waals surface area contributed by atoms with Gasteiger partial charge in [0.15, 0.2) is 0 Å². The first-order valence-electron chi connectivity index (χ1n) is 7.73. The van der Waals surface area contributed by atoms with E-state index in [1.807, 2.05) is 11.8 Å². The second-order valence-electron chi connectivity index (χ2n) is 6.35. The van der Waals surface area contributed by atoms with Crippen LogP contribution in [0.1, 0.15) is 64.2 Å². The zero-order valence-electron chi connectivity index (χ0n) is 12.2. The molecule has 0 unspecified atom stereocenters. The molecule has 2 saturated carbocycles. The van der Waals surface area contributed by atoms with Gasteiger partial charge in [0.2, 0.25) is 5.91 Å². The third-order valence-electron chi connectivity index (χ3n) is 4.97. The lowest BCUT2D eigenvalue weighted by Crippen LogP contribution is -2.57. The van der Waals surface area contributed by atoms with Gasteiger partial charge in [-0.2, -0.15) is 11.8 Å². The lowest BCUT2D eigenvalue weighted by molar-refractivity contribution is -0.127. The van der Waals surface area contributed by atoms with Crippen LogP contribution >= 0.6 is 11.8 Å². The van der Waals surface area contributed by atoms with Crippen molar-refractivity contribution in [3.63, 3.8) is 0 Å². The van der Waals surface area contributed by atoms with Gasteiger partial charge in [0, 0.05) is 11.3 Å². The Morgan fingerprint density at radius 2 is 1.58 bits per heavy atom. The maximum atomic E-state index is 12.4. The van der Waals surface area contributed by atoms with Crippen molar-refractivity contribution in [1.29, 1.82) is 0 Å². The SMILES string of the molecule is CSC1(CNC(=O)C2(N)CCCCC2)CCCCC1. The van der Waals surface area contributed by atoms with E-state index in [-0.39, 0.29) is 10.7 Å². The van der Waals surface area contributed by atoms with E-state index < -0.39 is 5.54 Å². The fraction of sp³-hybridized carbons (Fsp3) is 0.933. The number of nitrogens with one attached hydrogen (secondary N) is 1. The number of nitrogens with two attached hydrogens (primary N) is 1. The fourth-order valence-electron chi connectivity index (χ4n) is 3.48. The summed E-state index contributed by atoms with van der Waals surface area (Å²) in [6.07, 6.45) is 13.7. The molecule has 0 heterocycles. The van der Waals surface area contributed by atoms with Gasteiger partial charge >= 0.3 is 0 Å². The van der Waals surface area contributed by atoms with Crippen molar-refractivity contribution in [3.8, 4) is 0 Å². The van der Waals surface area contributed by atoms with E-state index >= 15 is 0 Å². The van der Waals surface area contributed by atoms with Crippen molar-refractivity contribution in [2.24, 2.45) is 5.73 Å². The molecule has 2 rings (SSSR count). The second kappa shape index (κ2) is 6.49. The average molecular weight is 284 g/mol. The van der Waals surface area contributed by atoms with E-state index in [4.69, 9.17) is 5.73 Å². The molecule has 0 spiro atoms. The maximum Gasteiger partial charge on any atom is 0.240 e. The van der Waals surface area contributed by atoms with Gasteiger partial charge in [0.1, 0.15) is 0 Å². The van der Waals surface area contributed by atoms with Crippen LogP contribution in [0.3, 0.4) is 0 Å². The summed E-state index contributed by atoms with van der Waals surface area (Å²) in [5.74, 6) is 0.0891. The van der Waals surface area contributed by atoms with Crippen LogP contribution in [0, 0.1) is 0 Å². The Kier molecular flexibility index (Phi) is 5.18. The number of thioether (sulfide) groups is 1. The molecule has 0 saturated heterocycles. The molecule has 0 aromatic heterocycles. The number of carbonyl (C=O) groups is 1. The molecule has 3 nitrogen and oxygen atoms in total. The van der Waals surface area contributed by atoms with Gasteiger partial charge in [-0.15, -0.1) is 0 Å². The number of hydrogen-bond donors (Lipinski definition) is 2. The molecule has 2 aliphatic rings. The van der Waals surface area contributed by atoms with Crippen molar-refractivity contribution in [3.05, 3.63) is 0 Å². The van der Waals surface area contributed by atoms with Crippen molar-refractivity contribution in [2.45, 2.75) is 74.5 Å². The summed E-state index contributed by atoms with van der Waals surface area (Å²) in [6, 6.07) is 0. The van der Waals surface area contributed by atoms with Gasteiger partial charge in [-0.1, -0.05) is 38.5 Å². The Bertz CT molecular complexity index is 307. The van der Waals surface area contributed by atoms with Crippen LogP contribution < -0.4 is 11.1 Å². The van der Waals surface area contributed by atoms with E-state index in [9.17, 15) is 4.79 Å². The molecule has 110 valence electrons. The standard InChI is InChI=1S/C15H28N2OS/c1-19-14(8-4-2-5-9-14)12-17-13(18)15(16)10-6-3-7-11-15/h2-12,16H2,1H3,(H,17,18). The summed E-state index contributed by atoms with van der Waals surface area (Å²) < 4.78 is 0.263. The molecule has 0 atom stereocenters. The molecule has 2 aliphatic carbocycles. The van der Waals surface area contributed by atoms with Crippen LogP contribution in [0.25, 0.3) is 0 Å². The molecular formula is C15H28N2OS. The third-order valence-corrected chi connectivity index (χ3v) is 6.39. The van der Waals surface area contributed by atoms with Gasteiger partial charge in [0.25, 0.3) is 0 Å². The molecule has 0 aromatic rings. The van der Waals surface area contributed by atoms with Gasteiger partial charge < -0.3 is 11.1 Å². The molecule has 0 aromatic carbocycles. The van der Waals surface area contributed by atoms with E-state index in [1.54, 1.807) is 0 Å². The number of rotatable bonds is 4. The zero-order valence-corrected chi connectivity index (χ0v) is 13.0. The Hall–Kier alpha value is -0.220. The average Bonchev–Trinajstić information content (AvgIpc) is 2.46. The second-order valence-corrected chi connectivity index (χ2v) is 7.62. The van der Waals surface area contributed by atoms with E-state index in [2.05, 4.69) is 11.6 Å². The molecule has 1 amide bonds. The Balaban J connectivity index is 1.87. The first kappa shape index (κ1) is 15.2. The topological polar surface area (TPSA) is 55.1 Å². The monoisotopic (exact) mass is 284 g/mol. The first-order chi connectivity index (χ1) is 9.10. The van der Waals surface area contributed by atoms with E-state index in [0.717, 1.165) is 32.2 Å². The van der Waals surface area contributed by atoms with Crippen LogP contribution in [-0.2, 0) is 4.79 Å². The number of carbonyl (C=O) groups excluding carboxylic acids is 1. The summed E-state index contributed by atoms with van der Waals surface area (Å²) >= 11 is 1.93. The molecule has 3 N–H and O–H groups in total. The van der Waals surface area contributed by atoms with Crippen molar-refractivity contribution < 1.29 is 4.79 Å². The van der Waals surface area contributed by atoms with E-state index in [0.29, 0.717) is 0 Å². The molecule has 0 bridgehead atoms. The quantitative estimate of drug-likeness (QED) is 0.834. The van der Waals surface area contributed by atoms with Crippen LogP contribution in [0.4, 0.5) is 0 Å². The fourth-order valence-corrected chi connectivity index (χ4v) is 4.39. The van der Waals surface area contributed by atoms with Crippen molar-refractivity contribution in [1.82, 2.24) is 5.32 Å². The summed E-state index contributed by atoms with van der Waals surface area (Å²) in [4.78, 5) is 12.4. The predicted octanol–water partition coefficient (Wildman–Crippen LogP) is 2.83. The molecule has 4 heteroatoms. The number of hydrogen-bond acceptors (Lipinski definition) is 3. The maximum absolute atomic E-state index is 12.4. The minimum Gasteiger partial charge on any atom is -0.353 e. The van der Waals surface area contributed by atoms with Crippen LogP contribution in [-0.4, -0.2) is 29.0 Å². The minimum atomic E-state index is -0.591. The van der Waals surface area contributed by atoms with Gasteiger partial charge in [-0.25, -0.2) is 0 Å². The van der Waals surface area contributed by atoms with Crippen molar-refractivity contribution in [2.75, 3.05) is 12.8 Å². The highest BCUT2D eigenvalue weighted by atomic mass is 32.2. The smallest absolute Gasteiger partial charge is 0.240 e. The summed E-state index contributed by atoms with van der Waals surface area (Å²) in [7, 11) is 0. The highest BCUT2D eigenvalue weighted by molar-refractivity contribution is 8.00. The van der Waals surface area contributed by atoms with Gasteiger partial charge in [0.05, 0.1) is 5.54 Å². The van der Waals surface area contributed by atoms with Crippen LogP contribution in [0.15, 0.2) is 0 Å². The summed E-state index contributed by atoms with van der Waals surface area (Å²) in [6.45, 7) is 0.798. The minimum absolute atomic E-state index is 0.0891. The summed E-state index contributed by atoms with van der Waals surface area (Å²) in [5.41, 5.74) is 5.69. The summed E-state index contributed by atoms with van der Waals surface area (Å²) in [5, 5.41) is 3.17.